The summed E-state index contributed by atoms with van der Waals surface area (Å²) in [7, 11) is 0. The third-order valence-corrected chi connectivity index (χ3v) is 1.63. The summed E-state index contributed by atoms with van der Waals surface area (Å²) in [6.07, 6.45) is 4.41. The maximum Gasteiger partial charge on any atom is 0.338 e. The molecule has 1 aromatic heterocycles. The average Bonchev–Trinajstić information content (AvgIpc) is 2.21. The Labute approximate surface area is 81.4 Å². The van der Waals surface area contributed by atoms with E-state index in [2.05, 4.69) is 9.97 Å². The van der Waals surface area contributed by atoms with Crippen LogP contribution in [0.5, 0.6) is 0 Å². The predicted molar refractivity (Wildman–Crippen MR) is 52.1 cm³/mol. The number of aromatic nitrogens is 2. The Morgan fingerprint density at radius 3 is 2.15 bits per heavy atom. The summed E-state index contributed by atoms with van der Waals surface area (Å²) in [5.74, 6) is -1.00. The Balaban J connectivity index is 0.000000671. The Morgan fingerprint density at radius 1 is 1.38 bits per heavy atom. The minimum Gasteiger partial charge on any atom is -0.478 e. The van der Waals surface area contributed by atoms with Crippen LogP contribution >= 0.6 is 11.8 Å². The Bertz CT molecular complexity index is 261. The first-order valence-electron chi connectivity index (χ1n) is 3.83. The predicted octanol–water partition coefficient (Wildman–Crippen LogP) is 1.92. The molecule has 0 atom stereocenters. The average molecular weight is 200 g/mol. The van der Waals surface area contributed by atoms with Crippen LogP contribution in [0.2, 0.25) is 0 Å². The van der Waals surface area contributed by atoms with Crippen molar-refractivity contribution in [2.24, 2.45) is 0 Å². The maximum atomic E-state index is 10.3. The fraction of sp³-hybridized carbons (Fsp3) is 0.375. The molecule has 0 amide bonds. The number of carbonyl (C=O) groups is 1. The van der Waals surface area contributed by atoms with Crippen LogP contribution in [0, 0.1) is 0 Å². The fourth-order valence-corrected chi connectivity index (χ4v) is 0.848. The number of aromatic carboxylic acids is 1. The van der Waals surface area contributed by atoms with Gasteiger partial charge in [0.15, 0.2) is 5.16 Å². The maximum absolute atomic E-state index is 10.3. The first-order chi connectivity index (χ1) is 6.24. The van der Waals surface area contributed by atoms with Gasteiger partial charge in [-0.1, -0.05) is 25.6 Å². The van der Waals surface area contributed by atoms with Gasteiger partial charge in [-0.2, -0.15) is 0 Å². The van der Waals surface area contributed by atoms with Crippen molar-refractivity contribution >= 4 is 17.7 Å². The van der Waals surface area contributed by atoms with Crippen molar-refractivity contribution in [1.29, 1.82) is 0 Å². The second-order valence-corrected chi connectivity index (χ2v) is 2.54. The molecular weight excluding hydrogens is 188 g/mol. The van der Waals surface area contributed by atoms with Gasteiger partial charge in [-0.05, 0) is 6.26 Å². The van der Waals surface area contributed by atoms with Crippen molar-refractivity contribution in [3.8, 4) is 0 Å². The monoisotopic (exact) mass is 200 g/mol. The Hall–Kier alpha value is -1.10. The van der Waals surface area contributed by atoms with Gasteiger partial charge in [-0.15, -0.1) is 0 Å². The summed E-state index contributed by atoms with van der Waals surface area (Å²) in [6.45, 7) is 4.00. The van der Waals surface area contributed by atoms with E-state index in [1.165, 1.54) is 24.2 Å². The second kappa shape index (κ2) is 6.42. The minimum absolute atomic E-state index is 0.114. The zero-order valence-electron chi connectivity index (χ0n) is 7.81. The first-order valence-corrected chi connectivity index (χ1v) is 5.06. The summed E-state index contributed by atoms with van der Waals surface area (Å²) in [5, 5.41) is 9.04. The van der Waals surface area contributed by atoms with Gasteiger partial charge in [-0.3, -0.25) is 0 Å². The molecular formula is C8H12N2O2S. The number of hydrogen-bond donors (Lipinski definition) is 1. The molecule has 5 heteroatoms. The highest BCUT2D eigenvalue weighted by Crippen LogP contribution is 2.06. The largest absolute Gasteiger partial charge is 0.478 e. The molecule has 0 aliphatic carbocycles. The van der Waals surface area contributed by atoms with Crippen molar-refractivity contribution in [2.75, 3.05) is 6.26 Å². The molecule has 72 valence electrons. The molecule has 0 saturated heterocycles. The summed E-state index contributed by atoms with van der Waals surface area (Å²) >= 11 is 1.37. The zero-order chi connectivity index (χ0) is 10.3. The minimum atomic E-state index is -1.00. The van der Waals surface area contributed by atoms with Crippen LogP contribution in [-0.4, -0.2) is 27.3 Å². The molecule has 0 bridgehead atoms. The van der Waals surface area contributed by atoms with Gasteiger partial charge >= 0.3 is 5.97 Å². The van der Waals surface area contributed by atoms with E-state index >= 15 is 0 Å². The normalized spacial score (nSPS) is 8.54. The molecule has 1 heterocycles. The van der Waals surface area contributed by atoms with Gasteiger partial charge in [0.2, 0.25) is 0 Å². The van der Waals surface area contributed by atoms with Gasteiger partial charge in [0, 0.05) is 12.4 Å². The third kappa shape index (κ3) is 3.89. The van der Waals surface area contributed by atoms with Crippen LogP contribution in [0.4, 0.5) is 0 Å². The standard InChI is InChI=1S/C6H6N2O2S.C2H6/c1-11-6-7-2-4(3-8-6)5(9)10;1-2/h2-3H,1H3,(H,9,10);1-2H3. The van der Waals surface area contributed by atoms with Crippen molar-refractivity contribution in [3.63, 3.8) is 0 Å². The van der Waals surface area contributed by atoms with E-state index < -0.39 is 5.97 Å². The molecule has 1 N–H and O–H groups in total. The van der Waals surface area contributed by atoms with E-state index in [1.54, 1.807) is 0 Å². The smallest absolute Gasteiger partial charge is 0.338 e. The van der Waals surface area contributed by atoms with Crippen molar-refractivity contribution in [3.05, 3.63) is 18.0 Å². The molecule has 0 saturated carbocycles. The van der Waals surface area contributed by atoms with Crippen LogP contribution in [0.3, 0.4) is 0 Å². The number of carboxylic acid groups (broad SMARTS) is 1. The van der Waals surface area contributed by atoms with Gasteiger partial charge < -0.3 is 5.11 Å². The van der Waals surface area contributed by atoms with Crippen LogP contribution in [0.25, 0.3) is 0 Å². The second-order valence-electron chi connectivity index (χ2n) is 1.76. The molecule has 0 aliphatic heterocycles. The van der Waals surface area contributed by atoms with E-state index in [1.807, 2.05) is 20.1 Å². The highest BCUT2D eigenvalue weighted by atomic mass is 32.2. The number of nitrogens with zero attached hydrogens (tertiary/aromatic N) is 2. The van der Waals surface area contributed by atoms with E-state index in [-0.39, 0.29) is 5.56 Å². The summed E-state index contributed by atoms with van der Waals surface area (Å²) in [5.41, 5.74) is 0.114. The molecule has 0 aromatic carbocycles. The summed E-state index contributed by atoms with van der Waals surface area (Å²) < 4.78 is 0. The summed E-state index contributed by atoms with van der Waals surface area (Å²) in [4.78, 5) is 17.9. The zero-order valence-corrected chi connectivity index (χ0v) is 8.63. The number of carboxylic acids is 1. The Kier molecular flexibility index (Phi) is 5.88. The van der Waals surface area contributed by atoms with E-state index in [9.17, 15) is 4.79 Å². The molecule has 13 heavy (non-hydrogen) atoms. The van der Waals surface area contributed by atoms with Gasteiger partial charge in [0.05, 0.1) is 5.56 Å². The third-order valence-electron chi connectivity index (χ3n) is 1.06. The molecule has 1 rings (SSSR count). The lowest BCUT2D eigenvalue weighted by molar-refractivity contribution is 0.0695. The van der Waals surface area contributed by atoms with E-state index in [4.69, 9.17) is 5.11 Å². The highest BCUT2D eigenvalue weighted by Gasteiger charge is 2.02. The van der Waals surface area contributed by atoms with Crippen LogP contribution in [0.15, 0.2) is 17.6 Å². The lowest BCUT2D eigenvalue weighted by Crippen LogP contribution is -1.98. The number of hydrogen-bond acceptors (Lipinski definition) is 4. The molecule has 0 spiro atoms. The fourth-order valence-electron chi connectivity index (χ4n) is 0.532. The highest BCUT2D eigenvalue weighted by molar-refractivity contribution is 7.98. The van der Waals surface area contributed by atoms with Crippen molar-refractivity contribution < 1.29 is 9.90 Å². The summed E-state index contributed by atoms with van der Waals surface area (Å²) in [6, 6.07) is 0. The van der Waals surface area contributed by atoms with Gasteiger partial charge in [0.25, 0.3) is 0 Å². The SMILES string of the molecule is CC.CSc1ncc(C(=O)O)cn1. The first kappa shape index (κ1) is 11.9. The number of thioether (sulfide) groups is 1. The molecule has 0 fully saturated rings. The van der Waals surface area contributed by atoms with Crippen LogP contribution in [0.1, 0.15) is 24.2 Å². The lowest BCUT2D eigenvalue weighted by Gasteiger charge is -1.93. The van der Waals surface area contributed by atoms with Crippen molar-refractivity contribution in [2.45, 2.75) is 19.0 Å². The van der Waals surface area contributed by atoms with Crippen LogP contribution in [-0.2, 0) is 0 Å². The molecule has 0 radical (unpaired) electrons. The van der Waals surface area contributed by atoms with Crippen molar-refractivity contribution in [1.82, 2.24) is 9.97 Å². The molecule has 0 unspecified atom stereocenters. The van der Waals surface area contributed by atoms with Gasteiger partial charge in [-0.25, -0.2) is 14.8 Å². The van der Waals surface area contributed by atoms with E-state index in [0.29, 0.717) is 5.16 Å². The van der Waals surface area contributed by atoms with E-state index in [0.717, 1.165) is 0 Å². The molecule has 4 nitrogen and oxygen atoms in total. The van der Waals surface area contributed by atoms with Crippen LogP contribution < -0.4 is 0 Å². The lowest BCUT2D eigenvalue weighted by atomic mass is 10.4. The molecule has 0 aliphatic rings. The number of rotatable bonds is 2. The van der Waals surface area contributed by atoms with Gasteiger partial charge in [0.1, 0.15) is 0 Å². The quantitative estimate of drug-likeness (QED) is 0.583. The topological polar surface area (TPSA) is 63.1 Å². The molecule has 1 aromatic rings. The Morgan fingerprint density at radius 2 is 1.85 bits per heavy atom.